The van der Waals surface area contributed by atoms with Gasteiger partial charge in [-0.1, -0.05) is 283 Å². The van der Waals surface area contributed by atoms with Gasteiger partial charge in [-0.25, -0.2) is 0 Å². The average Bonchev–Trinajstić information content (AvgIpc) is 3.36. The summed E-state index contributed by atoms with van der Waals surface area (Å²) in [6, 6.07) is 0. The van der Waals surface area contributed by atoms with Gasteiger partial charge < -0.3 is 14.2 Å². The van der Waals surface area contributed by atoms with E-state index in [0.29, 0.717) is 19.3 Å². The third kappa shape index (κ3) is 56.8. The zero-order chi connectivity index (χ0) is 50.7. The van der Waals surface area contributed by atoms with Gasteiger partial charge >= 0.3 is 17.9 Å². The largest absolute Gasteiger partial charge is 0.462 e. The number of allylic oxidation sites excluding steroid dienone is 4. The first-order valence-electron chi connectivity index (χ1n) is 31.3. The van der Waals surface area contributed by atoms with Crippen molar-refractivity contribution in [2.75, 3.05) is 13.2 Å². The van der Waals surface area contributed by atoms with E-state index < -0.39 is 6.10 Å². The minimum absolute atomic E-state index is 0.0685. The fourth-order valence-electron chi connectivity index (χ4n) is 9.44. The molecule has 0 amide bonds. The molecule has 0 N–H and O–H groups in total. The smallest absolute Gasteiger partial charge is 0.306 e. The van der Waals surface area contributed by atoms with Crippen LogP contribution in [0.2, 0.25) is 0 Å². The van der Waals surface area contributed by atoms with E-state index in [2.05, 4.69) is 45.1 Å². The quantitative estimate of drug-likeness (QED) is 0.0261. The summed E-state index contributed by atoms with van der Waals surface area (Å²) in [5.41, 5.74) is 0. The summed E-state index contributed by atoms with van der Waals surface area (Å²) in [6.45, 7) is 6.68. The molecule has 1 unspecified atom stereocenters. The molecule has 412 valence electrons. The summed E-state index contributed by atoms with van der Waals surface area (Å²) in [7, 11) is 0. The molecule has 0 aromatic rings. The highest BCUT2D eigenvalue weighted by Gasteiger charge is 2.19. The zero-order valence-electron chi connectivity index (χ0n) is 47.3. The molecule has 1 atom stereocenters. The molecule has 0 fully saturated rings. The molecule has 0 aromatic heterocycles. The summed E-state index contributed by atoms with van der Waals surface area (Å²) < 4.78 is 16.9. The lowest BCUT2D eigenvalue weighted by molar-refractivity contribution is -0.167. The Hall–Kier alpha value is -2.11. The summed E-state index contributed by atoms with van der Waals surface area (Å²) in [5.74, 6) is -0.852. The minimum Gasteiger partial charge on any atom is -0.462 e. The van der Waals surface area contributed by atoms with Gasteiger partial charge in [0, 0.05) is 19.3 Å². The predicted octanol–water partition coefficient (Wildman–Crippen LogP) is 21.1. The molecule has 0 saturated heterocycles. The highest BCUT2D eigenvalue weighted by atomic mass is 16.6. The molecule has 6 heteroatoms. The van der Waals surface area contributed by atoms with Gasteiger partial charge in [-0.15, -0.1) is 0 Å². The van der Waals surface area contributed by atoms with E-state index in [9.17, 15) is 14.4 Å². The minimum atomic E-state index is -0.770. The molecular formula is C64H120O6. The highest BCUT2D eigenvalue weighted by Crippen LogP contribution is 2.17. The van der Waals surface area contributed by atoms with Crippen LogP contribution in [0.4, 0.5) is 0 Å². The Morgan fingerprint density at radius 1 is 0.271 bits per heavy atom. The standard InChI is InChI=1S/C64H120O6/c1-4-7-10-13-16-19-22-24-26-28-30-31-32-33-34-36-37-39-42-45-48-51-54-57-63(66)69-60-61(59-68-62(65)56-53-50-47-44-41-21-18-15-12-9-6-3)70-64(67)58-55-52-49-46-43-40-38-35-29-27-25-23-20-17-14-11-8-5-2/h27-30,61H,4-26,31-60H2,1-3H3/b29-27-,30-28-. The number of carbonyl (C=O) groups is 3. The Balaban J connectivity index is 4.24. The first-order valence-corrected chi connectivity index (χ1v) is 31.3. The lowest BCUT2D eigenvalue weighted by atomic mass is 10.0. The van der Waals surface area contributed by atoms with Crippen molar-refractivity contribution in [2.24, 2.45) is 0 Å². The van der Waals surface area contributed by atoms with Gasteiger partial charge in [-0.05, 0) is 70.6 Å². The normalized spacial score (nSPS) is 12.1. The van der Waals surface area contributed by atoms with E-state index in [1.54, 1.807) is 0 Å². The van der Waals surface area contributed by atoms with Crippen molar-refractivity contribution in [3.8, 4) is 0 Å². The van der Waals surface area contributed by atoms with Crippen LogP contribution in [-0.2, 0) is 28.6 Å². The van der Waals surface area contributed by atoms with Crippen molar-refractivity contribution in [1.29, 1.82) is 0 Å². The number of esters is 3. The van der Waals surface area contributed by atoms with E-state index in [1.807, 2.05) is 0 Å². The molecule has 0 aliphatic rings. The van der Waals surface area contributed by atoms with Gasteiger partial charge in [-0.3, -0.25) is 14.4 Å². The molecule has 0 heterocycles. The van der Waals surface area contributed by atoms with Gasteiger partial charge in [0.2, 0.25) is 0 Å². The Labute approximate surface area is 436 Å². The van der Waals surface area contributed by atoms with Crippen LogP contribution in [0.15, 0.2) is 24.3 Å². The van der Waals surface area contributed by atoms with Crippen molar-refractivity contribution in [3.05, 3.63) is 24.3 Å². The van der Waals surface area contributed by atoms with E-state index in [4.69, 9.17) is 14.2 Å². The van der Waals surface area contributed by atoms with Crippen molar-refractivity contribution < 1.29 is 28.6 Å². The molecule has 0 aromatic carbocycles. The number of carbonyl (C=O) groups excluding carboxylic acids is 3. The summed E-state index contributed by atoms with van der Waals surface area (Å²) in [4.78, 5) is 38.2. The van der Waals surface area contributed by atoms with Crippen LogP contribution in [0.5, 0.6) is 0 Å². The van der Waals surface area contributed by atoms with Crippen molar-refractivity contribution in [1.82, 2.24) is 0 Å². The van der Waals surface area contributed by atoms with Crippen LogP contribution in [0.3, 0.4) is 0 Å². The Bertz CT molecular complexity index is 1130. The maximum atomic E-state index is 12.9. The first-order chi connectivity index (χ1) is 34.5. The Kier molecular flexibility index (Phi) is 57.7. The molecule has 0 spiro atoms. The Morgan fingerprint density at radius 3 is 0.714 bits per heavy atom. The van der Waals surface area contributed by atoms with Crippen molar-refractivity contribution in [2.45, 2.75) is 354 Å². The van der Waals surface area contributed by atoms with Crippen LogP contribution in [0, 0.1) is 0 Å². The zero-order valence-corrected chi connectivity index (χ0v) is 47.3. The molecule has 70 heavy (non-hydrogen) atoms. The van der Waals surface area contributed by atoms with Gasteiger partial charge in [0.15, 0.2) is 6.10 Å². The number of hydrogen-bond acceptors (Lipinski definition) is 6. The molecule has 0 rings (SSSR count). The summed E-state index contributed by atoms with van der Waals surface area (Å²) >= 11 is 0. The van der Waals surface area contributed by atoms with Crippen LogP contribution < -0.4 is 0 Å². The fraction of sp³-hybridized carbons (Fsp3) is 0.891. The van der Waals surface area contributed by atoms with E-state index in [1.165, 1.54) is 250 Å². The topological polar surface area (TPSA) is 78.9 Å². The second-order valence-corrected chi connectivity index (χ2v) is 21.3. The summed E-state index contributed by atoms with van der Waals surface area (Å²) in [6.07, 6.45) is 70.4. The number of ether oxygens (including phenoxy) is 3. The molecule has 0 radical (unpaired) electrons. The first kappa shape index (κ1) is 67.9. The van der Waals surface area contributed by atoms with Crippen LogP contribution in [0.1, 0.15) is 348 Å². The van der Waals surface area contributed by atoms with E-state index in [0.717, 1.165) is 57.8 Å². The maximum absolute atomic E-state index is 12.9. The van der Waals surface area contributed by atoms with Crippen molar-refractivity contribution in [3.63, 3.8) is 0 Å². The maximum Gasteiger partial charge on any atom is 0.306 e. The van der Waals surface area contributed by atoms with Gasteiger partial charge in [0.05, 0.1) is 0 Å². The Morgan fingerprint density at radius 2 is 0.471 bits per heavy atom. The molecule has 0 bridgehead atoms. The lowest BCUT2D eigenvalue weighted by Crippen LogP contribution is -2.30. The van der Waals surface area contributed by atoms with Crippen LogP contribution >= 0.6 is 0 Å². The SMILES string of the molecule is CCCCCCCCC/C=C\CCCCCCCCCC(=O)OC(COC(=O)CCCCCCCCCCCCC)COC(=O)CCCCCCCCCCCCC/C=C\CCCCCCCCCC. The van der Waals surface area contributed by atoms with Crippen molar-refractivity contribution >= 4 is 17.9 Å². The highest BCUT2D eigenvalue weighted by molar-refractivity contribution is 5.71. The lowest BCUT2D eigenvalue weighted by Gasteiger charge is -2.18. The summed E-state index contributed by atoms with van der Waals surface area (Å²) in [5, 5.41) is 0. The molecule has 0 saturated carbocycles. The van der Waals surface area contributed by atoms with Crippen LogP contribution in [-0.4, -0.2) is 37.2 Å². The number of rotatable bonds is 58. The van der Waals surface area contributed by atoms with E-state index in [-0.39, 0.29) is 31.1 Å². The number of hydrogen-bond donors (Lipinski definition) is 0. The van der Waals surface area contributed by atoms with E-state index >= 15 is 0 Å². The second kappa shape index (κ2) is 59.5. The molecule has 6 nitrogen and oxygen atoms in total. The van der Waals surface area contributed by atoms with Gasteiger partial charge in [-0.2, -0.15) is 0 Å². The predicted molar refractivity (Wildman–Crippen MR) is 303 cm³/mol. The fourth-order valence-corrected chi connectivity index (χ4v) is 9.44. The molecule has 0 aliphatic heterocycles. The third-order valence-electron chi connectivity index (χ3n) is 14.2. The number of unbranched alkanes of at least 4 members (excludes halogenated alkanes) is 43. The van der Waals surface area contributed by atoms with Gasteiger partial charge in [0.25, 0.3) is 0 Å². The third-order valence-corrected chi connectivity index (χ3v) is 14.2. The average molecular weight is 986 g/mol. The monoisotopic (exact) mass is 985 g/mol. The van der Waals surface area contributed by atoms with Crippen LogP contribution in [0.25, 0.3) is 0 Å². The van der Waals surface area contributed by atoms with Gasteiger partial charge in [0.1, 0.15) is 13.2 Å². The second-order valence-electron chi connectivity index (χ2n) is 21.3. The molecule has 0 aliphatic carbocycles. The molecular weight excluding hydrogens is 865 g/mol.